The predicted molar refractivity (Wildman–Crippen MR) is 114 cm³/mol. The van der Waals surface area contributed by atoms with Crippen LogP contribution in [-0.2, 0) is 6.42 Å². The molecule has 1 heterocycles. The van der Waals surface area contributed by atoms with Gasteiger partial charge in [0.05, 0.1) is 0 Å². The second-order valence-electron chi connectivity index (χ2n) is 7.05. The van der Waals surface area contributed by atoms with E-state index in [1.807, 2.05) is 12.1 Å². The summed E-state index contributed by atoms with van der Waals surface area (Å²) < 4.78 is 13.6. The highest BCUT2D eigenvalue weighted by atomic mass is 127. The van der Waals surface area contributed by atoms with Crippen molar-refractivity contribution in [2.45, 2.75) is 45.1 Å². The van der Waals surface area contributed by atoms with Gasteiger partial charge in [-0.15, -0.1) is 24.0 Å². The quantitative estimate of drug-likeness (QED) is 0.387. The molecule has 0 amide bonds. The summed E-state index contributed by atoms with van der Waals surface area (Å²) in [5, 5.41) is 6.69. The Morgan fingerprint density at radius 1 is 1.16 bits per heavy atom. The third-order valence-electron chi connectivity index (χ3n) is 4.77. The Bertz CT molecular complexity index is 542. The van der Waals surface area contributed by atoms with Gasteiger partial charge < -0.3 is 10.6 Å². The molecule has 0 aromatic heterocycles. The Hall–Kier alpha value is -0.890. The normalized spacial score (nSPS) is 16.2. The number of nitrogens with zero attached hydrogens (tertiary/aromatic N) is 2. The van der Waals surface area contributed by atoms with Crippen LogP contribution in [0.25, 0.3) is 0 Å². The topological polar surface area (TPSA) is 39.7 Å². The maximum atomic E-state index is 13.6. The molecule has 1 aliphatic rings. The number of aliphatic imine (C=N–C) groups is 1. The standard InChI is InChI=1S/C19H31FN4.HI/c1-19(2,24-13-7-4-8-14-24)15-23-18(21-3)22-12-11-16-9-5-6-10-17(16)20;/h5-6,9-10H,4,7-8,11-15H2,1-3H3,(H2,21,22,23);1H. The van der Waals surface area contributed by atoms with Crippen molar-refractivity contribution in [2.75, 3.05) is 33.2 Å². The molecule has 1 aliphatic heterocycles. The number of likely N-dealkylation sites (tertiary alicyclic amines) is 1. The van der Waals surface area contributed by atoms with Crippen molar-refractivity contribution in [3.63, 3.8) is 0 Å². The predicted octanol–water partition coefficient (Wildman–Crippen LogP) is 3.42. The molecular formula is C19H32FIN4. The van der Waals surface area contributed by atoms with Gasteiger partial charge in [0, 0.05) is 25.7 Å². The summed E-state index contributed by atoms with van der Waals surface area (Å²) >= 11 is 0. The van der Waals surface area contributed by atoms with Crippen LogP contribution in [0, 0.1) is 5.82 Å². The van der Waals surface area contributed by atoms with Gasteiger partial charge in [-0.2, -0.15) is 0 Å². The van der Waals surface area contributed by atoms with Crippen LogP contribution in [0.4, 0.5) is 4.39 Å². The first-order valence-corrected chi connectivity index (χ1v) is 8.96. The Balaban J connectivity index is 0.00000312. The highest BCUT2D eigenvalue weighted by Crippen LogP contribution is 2.19. The molecule has 2 N–H and O–H groups in total. The first kappa shape index (κ1) is 22.2. The molecule has 25 heavy (non-hydrogen) atoms. The van der Waals surface area contributed by atoms with E-state index in [2.05, 4.69) is 34.4 Å². The van der Waals surface area contributed by atoms with Crippen molar-refractivity contribution in [1.29, 1.82) is 0 Å². The van der Waals surface area contributed by atoms with E-state index in [0.29, 0.717) is 13.0 Å². The van der Waals surface area contributed by atoms with Crippen LogP contribution in [0.3, 0.4) is 0 Å². The van der Waals surface area contributed by atoms with Crippen LogP contribution in [0.15, 0.2) is 29.3 Å². The Kier molecular flexibility index (Phi) is 9.71. The number of hydrogen-bond donors (Lipinski definition) is 2. The number of guanidine groups is 1. The van der Waals surface area contributed by atoms with E-state index in [1.165, 1.54) is 38.4 Å². The maximum absolute atomic E-state index is 13.6. The molecule has 0 saturated carbocycles. The molecule has 1 fully saturated rings. The fraction of sp³-hybridized carbons (Fsp3) is 0.632. The summed E-state index contributed by atoms with van der Waals surface area (Å²) in [6, 6.07) is 6.91. The number of piperidine rings is 1. The minimum atomic E-state index is -0.145. The smallest absolute Gasteiger partial charge is 0.191 e. The molecule has 1 saturated heterocycles. The third kappa shape index (κ3) is 7.09. The monoisotopic (exact) mass is 462 g/mol. The lowest BCUT2D eigenvalue weighted by Crippen LogP contribution is -2.55. The van der Waals surface area contributed by atoms with Gasteiger partial charge in [0.15, 0.2) is 5.96 Å². The van der Waals surface area contributed by atoms with Crippen LogP contribution in [0.1, 0.15) is 38.7 Å². The van der Waals surface area contributed by atoms with Crippen LogP contribution >= 0.6 is 24.0 Å². The third-order valence-corrected chi connectivity index (χ3v) is 4.77. The second-order valence-corrected chi connectivity index (χ2v) is 7.05. The zero-order valence-corrected chi connectivity index (χ0v) is 18.0. The summed E-state index contributed by atoms with van der Waals surface area (Å²) in [6.45, 7) is 8.40. The molecule has 142 valence electrons. The van der Waals surface area contributed by atoms with Crippen LogP contribution in [0.2, 0.25) is 0 Å². The molecular weight excluding hydrogens is 430 g/mol. The van der Waals surface area contributed by atoms with E-state index in [1.54, 1.807) is 13.1 Å². The van der Waals surface area contributed by atoms with Crippen LogP contribution in [-0.4, -0.2) is 49.6 Å². The second kappa shape index (κ2) is 11.0. The molecule has 2 rings (SSSR count). The summed E-state index contributed by atoms with van der Waals surface area (Å²) in [5.74, 6) is 0.630. The van der Waals surface area contributed by atoms with Gasteiger partial charge in [-0.3, -0.25) is 9.89 Å². The molecule has 0 aliphatic carbocycles. The molecule has 0 atom stereocenters. The molecule has 0 bridgehead atoms. The number of hydrogen-bond acceptors (Lipinski definition) is 2. The highest BCUT2D eigenvalue weighted by Gasteiger charge is 2.27. The number of benzene rings is 1. The lowest BCUT2D eigenvalue weighted by molar-refractivity contribution is 0.0982. The van der Waals surface area contributed by atoms with Crippen molar-refractivity contribution in [3.05, 3.63) is 35.6 Å². The fourth-order valence-corrected chi connectivity index (χ4v) is 3.15. The lowest BCUT2D eigenvalue weighted by Gasteiger charge is -2.41. The summed E-state index contributed by atoms with van der Waals surface area (Å²) in [6.07, 6.45) is 4.57. The summed E-state index contributed by atoms with van der Waals surface area (Å²) in [5.41, 5.74) is 0.831. The first-order chi connectivity index (χ1) is 11.5. The van der Waals surface area contributed by atoms with E-state index in [9.17, 15) is 4.39 Å². The van der Waals surface area contributed by atoms with Gasteiger partial charge in [0.1, 0.15) is 5.82 Å². The van der Waals surface area contributed by atoms with Gasteiger partial charge in [-0.1, -0.05) is 24.6 Å². The molecule has 6 heteroatoms. The molecule has 1 aromatic rings. The van der Waals surface area contributed by atoms with E-state index in [4.69, 9.17) is 0 Å². The van der Waals surface area contributed by atoms with E-state index in [0.717, 1.165) is 18.1 Å². The van der Waals surface area contributed by atoms with Crippen molar-refractivity contribution >= 4 is 29.9 Å². The van der Waals surface area contributed by atoms with E-state index in [-0.39, 0.29) is 35.3 Å². The molecule has 0 spiro atoms. The van der Waals surface area contributed by atoms with E-state index < -0.39 is 0 Å². The molecule has 0 radical (unpaired) electrons. The minimum absolute atomic E-state index is 0. The summed E-state index contributed by atoms with van der Waals surface area (Å²) in [7, 11) is 1.77. The SMILES string of the molecule is CN=C(NCCc1ccccc1F)NCC(C)(C)N1CCCCC1.I. The largest absolute Gasteiger partial charge is 0.356 e. The van der Waals surface area contributed by atoms with Gasteiger partial charge in [0.2, 0.25) is 0 Å². The Morgan fingerprint density at radius 2 is 1.84 bits per heavy atom. The van der Waals surface area contributed by atoms with Gasteiger partial charge in [-0.25, -0.2) is 4.39 Å². The lowest BCUT2D eigenvalue weighted by atomic mass is 9.98. The van der Waals surface area contributed by atoms with Gasteiger partial charge >= 0.3 is 0 Å². The molecule has 1 aromatic carbocycles. The maximum Gasteiger partial charge on any atom is 0.191 e. The number of rotatable bonds is 6. The zero-order valence-electron chi connectivity index (χ0n) is 15.6. The van der Waals surface area contributed by atoms with Crippen molar-refractivity contribution in [2.24, 2.45) is 4.99 Å². The number of halogens is 2. The van der Waals surface area contributed by atoms with Gasteiger partial charge in [0.25, 0.3) is 0 Å². The Morgan fingerprint density at radius 3 is 2.48 bits per heavy atom. The Labute approximate surface area is 168 Å². The zero-order chi connectivity index (χ0) is 17.4. The average Bonchev–Trinajstić information content (AvgIpc) is 2.60. The highest BCUT2D eigenvalue weighted by molar-refractivity contribution is 14.0. The minimum Gasteiger partial charge on any atom is -0.356 e. The summed E-state index contributed by atoms with van der Waals surface area (Å²) in [4.78, 5) is 6.82. The van der Waals surface area contributed by atoms with Crippen molar-refractivity contribution in [1.82, 2.24) is 15.5 Å². The van der Waals surface area contributed by atoms with Crippen molar-refractivity contribution < 1.29 is 4.39 Å². The number of nitrogens with one attached hydrogen (secondary N) is 2. The molecule has 4 nitrogen and oxygen atoms in total. The molecule has 0 unspecified atom stereocenters. The average molecular weight is 462 g/mol. The van der Waals surface area contributed by atoms with Crippen LogP contribution in [0.5, 0.6) is 0 Å². The van der Waals surface area contributed by atoms with Crippen LogP contribution < -0.4 is 10.6 Å². The van der Waals surface area contributed by atoms with E-state index >= 15 is 0 Å². The van der Waals surface area contributed by atoms with Gasteiger partial charge in [-0.05, 0) is 57.8 Å². The van der Waals surface area contributed by atoms with Crippen molar-refractivity contribution in [3.8, 4) is 0 Å². The first-order valence-electron chi connectivity index (χ1n) is 8.96. The fourth-order valence-electron chi connectivity index (χ4n) is 3.15.